The third-order valence-corrected chi connectivity index (χ3v) is 2.85. The first-order valence-electron chi connectivity index (χ1n) is 5.06. The highest BCUT2D eigenvalue weighted by Gasteiger charge is 2.08. The van der Waals surface area contributed by atoms with Gasteiger partial charge in [0, 0.05) is 23.4 Å². The van der Waals surface area contributed by atoms with Gasteiger partial charge in [-0.1, -0.05) is 6.08 Å². The molecule has 1 aromatic heterocycles. The first kappa shape index (κ1) is 11.9. The van der Waals surface area contributed by atoms with Crippen LogP contribution in [0.3, 0.4) is 0 Å². The van der Waals surface area contributed by atoms with E-state index in [1.165, 1.54) is 12.1 Å². The first-order chi connectivity index (χ1) is 8.22. The number of hydrogen-bond acceptors (Lipinski definition) is 2. The lowest BCUT2D eigenvalue weighted by molar-refractivity contribution is 0.626. The highest BCUT2D eigenvalue weighted by Crippen LogP contribution is 2.24. The molecular formula is C12H11BrFN3. The van der Waals surface area contributed by atoms with Crippen molar-refractivity contribution in [3.8, 4) is 5.69 Å². The van der Waals surface area contributed by atoms with Crippen LogP contribution in [0.1, 0.15) is 0 Å². The lowest BCUT2D eigenvalue weighted by atomic mass is 10.3. The summed E-state index contributed by atoms with van der Waals surface area (Å²) < 4.78 is 15.5. The van der Waals surface area contributed by atoms with Gasteiger partial charge in [-0.05, 0) is 34.1 Å². The average molecular weight is 296 g/mol. The predicted molar refractivity (Wildman–Crippen MR) is 69.9 cm³/mol. The van der Waals surface area contributed by atoms with Gasteiger partial charge in [-0.3, -0.25) is 4.57 Å². The molecule has 0 aliphatic carbocycles. The van der Waals surface area contributed by atoms with Crippen LogP contribution in [0, 0.1) is 5.82 Å². The highest BCUT2D eigenvalue weighted by atomic mass is 79.9. The average Bonchev–Trinajstić information content (AvgIpc) is 2.74. The maximum Gasteiger partial charge on any atom is 0.207 e. The van der Waals surface area contributed by atoms with Gasteiger partial charge < -0.3 is 5.32 Å². The summed E-state index contributed by atoms with van der Waals surface area (Å²) in [6, 6.07) is 4.53. The molecule has 0 saturated carbocycles. The monoisotopic (exact) mass is 295 g/mol. The van der Waals surface area contributed by atoms with Crippen molar-refractivity contribution >= 4 is 21.9 Å². The molecule has 0 bridgehead atoms. The van der Waals surface area contributed by atoms with Crippen LogP contribution in [0.15, 0.2) is 47.7 Å². The van der Waals surface area contributed by atoms with Crippen molar-refractivity contribution in [2.45, 2.75) is 0 Å². The lowest BCUT2D eigenvalue weighted by Gasteiger charge is -2.10. The minimum absolute atomic E-state index is 0.277. The van der Waals surface area contributed by atoms with Crippen LogP contribution in [-0.4, -0.2) is 16.1 Å². The number of benzene rings is 1. The Morgan fingerprint density at radius 3 is 3.06 bits per heavy atom. The van der Waals surface area contributed by atoms with Crippen molar-refractivity contribution in [1.29, 1.82) is 0 Å². The fourth-order valence-corrected chi connectivity index (χ4v) is 2.01. The van der Waals surface area contributed by atoms with E-state index in [4.69, 9.17) is 0 Å². The van der Waals surface area contributed by atoms with Gasteiger partial charge in [0.05, 0.1) is 5.69 Å². The molecule has 0 radical (unpaired) electrons. The highest BCUT2D eigenvalue weighted by molar-refractivity contribution is 9.10. The molecule has 2 rings (SSSR count). The number of hydrogen-bond donors (Lipinski definition) is 1. The minimum atomic E-state index is -0.277. The van der Waals surface area contributed by atoms with Crippen LogP contribution in [0.25, 0.3) is 5.69 Å². The minimum Gasteiger partial charge on any atom is -0.352 e. The number of rotatable bonds is 4. The van der Waals surface area contributed by atoms with Gasteiger partial charge in [0.15, 0.2) is 0 Å². The molecule has 0 spiro atoms. The normalized spacial score (nSPS) is 10.2. The summed E-state index contributed by atoms with van der Waals surface area (Å²) >= 11 is 3.33. The van der Waals surface area contributed by atoms with Crippen LogP contribution in [-0.2, 0) is 0 Å². The molecule has 3 nitrogen and oxygen atoms in total. The topological polar surface area (TPSA) is 29.9 Å². The van der Waals surface area contributed by atoms with Gasteiger partial charge in [0.2, 0.25) is 5.95 Å². The van der Waals surface area contributed by atoms with Gasteiger partial charge in [0.25, 0.3) is 0 Å². The summed E-state index contributed by atoms with van der Waals surface area (Å²) in [6.07, 6.45) is 5.24. The summed E-state index contributed by atoms with van der Waals surface area (Å²) in [4.78, 5) is 4.18. The number of halogens is 2. The van der Waals surface area contributed by atoms with Gasteiger partial charge in [-0.15, -0.1) is 6.58 Å². The molecule has 0 atom stereocenters. The molecular weight excluding hydrogens is 285 g/mol. The zero-order valence-corrected chi connectivity index (χ0v) is 10.6. The molecule has 2 aromatic rings. The maximum absolute atomic E-state index is 13.0. The Bertz CT molecular complexity index is 536. The van der Waals surface area contributed by atoms with Gasteiger partial charge >= 0.3 is 0 Å². The molecule has 0 unspecified atom stereocenters. The van der Waals surface area contributed by atoms with Crippen molar-refractivity contribution in [2.24, 2.45) is 0 Å². The molecule has 0 aliphatic heterocycles. The summed E-state index contributed by atoms with van der Waals surface area (Å²) in [6.45, 7) is 4.25. The second-order valence-electron chi connectivity index (χ2n) is 3.39. The third kappa shape index (κ3) is 2.55. The van der Waals surface area contributed by atoms with Crippen molar-refractivity contribution in [1.82, 2.24) is 9.55 Å². The van der Waals surface area contributed by atoms with Crippen LogP contribution >= 0.6 is 15.9 Å². The van der Waals surface area contributed by atoms with Gasteiger partial charge in [-0.2, -0.15) is 0 Å². The number of nitrogens with zero attached hydrogens (tertiary/aromatic N) is 2. The number of aromatic nitrogens is 2. The molecule has 0 aliphatic rings. The number of anilines is 1. The fraction of sp³-hybridized carbons (Fsp3) is 0.0833. The van der Waals surface area contributed by atoms with Crippen molar-refractivity contribution in [3.05, 3.63) is 53.5 Å². The molecule has 88 valence electrons. The van der Waals surface area contributed by atoms with E-state index in [0.29, 0.717) is 17.0 Å². The molecule has 1 N–H and O–H groups in total. The van der Waals surface area contributed by atoms with E-state index in [9.17, 15) is 4.39 Å². The van der Waals surface area contributed by atoms with E-state index in [1.807, 2.05) is 10.8 Å². The third-order valence-electron chi connectivity index (χ3n) is 2.21. The molecule has 1 aromatic carbocycles. The summed E-state index contributed by atoms with van der Waals surface area (Å²) in [5, 5.41) is 3.10. The van der Waals surface area contributed by atoms with E-state index in [2.05, 4.69) is 32.8 Å². The Hall–Kier alpha value is -1.62. The zero-order chi connectivity index (χ0) is 12.3. The van der Waals surface area contributed by atoms with Crippen molar-refractivity contribution in [2.75, 3.05) is 11.9 Å². The van der Waals surface area contributed by atoms with E-state index >= 15 is 0 Å². The standard InChI is InChI=1S/C12H11BrFN3/c1-2-5-15-12-16-6-7-17(12)11-4-3-9(14)8-10(11)13/h2-4,6-8H,1,5H2,(H,15,16). The summed E-state index contributed by atoms with van der Waals surface area (Å²) in [7, 11) is 0. The largest absolute Gasteiger partial charge is 0.352 e. The smallest absolute Gasteiger partial charge is 0.207 e. The first-order valence-corrected chi connectivity index (χ1v) is 5.85. The Morgan fingerprint density at radius 2 is 2.35 bits per heavy atom. The van der Waals surface area contributed by atoms with Crippen molar-refractivity contribution in [3.63, 3.8) is 0 Å². The Kier molecular flexibility index (Phi) is 3.58. The van der Waals surface area contributed by atoms with E-state index in [1.54, 1.807) is 18.3 Å². The number of nitrogens with one attached hydrogen (secondary N) is 1. The van der Waals surface area contributed by atoms with E-state index < -0.39 is 0 Å². The van der Waals surface area contributed by atoms with Crippen LogP contribution in [0.2, 0.25) is 0 Å². The molecule has 0 fully saturated rings. The second-order valence-corrected chi connectivity index (χ2v) is 4.24. The van der Waals surface area contributed by atoms with E-state index in [0.717, 1.165) is 5.69 Å². The van der Waals surface area contributed by atoms with Gasteiger partial charge in [0.1, 0.15) is 5.82 Å². The Balaban J connectivity index is 2.38. The number of imidazole rings is 1. The van der Waals surface area contributed by atoms with Crippen LogP contribution < -0.4 is 5.32 Å². The second kappa shape index (κ2) is 5.14. The quantitative estimate of drug-likeness (QED) is 0.877. The van der Waals surface area contributed by atoms with Crippen LogP contribution in [0.4, 0.5) is 10.3 Å². The van der Waals surface area contributed by atoms with Crippen LogP contribution in [0.5, 0.6) is 0 Å². The maximum atomic E-state index is 13.0. The lowest BCUT2D eigenvalue weighted by Crippen LogP contribution is -2.06. The van der Waals surface area contributed by atoms with Gasteiger partial charge in [-0.25, -0.2) is 9.37 Å². The Morgan fingerprint density at radius 1 is 1.53 bits per heavy atom. The molecule has 1 heterocycles. The predicted octanol–water partition coefficient (Wildman–Crippen LogP) is 3.37. The molecule has 17 heavy (non-hydrogen) atoms. The summed E-state index contributed by atoms with van der Waals surface area (Å²) in [5.74, 6) is 0.415. The fourth-order valence-electron chi connectivity index (χ4n) is 1.47. The van der Waals surface area contributed by atoms with E-state index in [-0.39, 0.29) is 5.82 Å². The van der Waals surface area contributed by atoms with Crippen molar-refractivity contribution < 1.29 is 4.39 Å². The molecule has 0 saturated heterocycles. The molecule has 5 heteroatoms. The zero-order valence-electron chi connectivity index (χ0n) is 9.03. The summed E-state index contributed by atoms with van der Waals surface area (Å²) in [5.41, 5.74) is 0.829. The Labute approximate surface area is 107 Å². The SMILES string of the molecule is C=CCNc1nccn1-c1ccc(F)cc1Br. The molecule has 0 amide bonds.